The van der Waals surface area contributed by atoms with Gasteiger partial charge in [0.2, 0.25) is 0 Å². The van der Waals surface area contributed by atoms with Gasteiger partial charge in [0.15, 0.2) is 0 Å². The highest BCUT2D eigenvalue weighted by atomic mass is 16.5. The zero-order chi connectivity index (χ0) is 22.0. The molecule has 4 rings (SSSR count). The molecule has 31 heavy (non-hydrogen) atoms. The zero-order valence-electron chi connectivity index (χ0n) is 18.0. The predicted molar refractivity (Wildman–Crippen MR) is 116 cm³/mol. The van der Waals surface area contributed by atoms with Crippen LogP contribution < -0.4 is 4.90 Å². The van der Waals surface area contributed by atoms with Crippen LogP contribution in [0.4, 0.5) is 5.69 Å². The molecule has 0 saturated heterocycles. The van der Waals surface area contributed by atoms with Gasteiger partial charge in [-0.05, 0) is 85.8 Å². The predicted octanol–water partition coefficient (Wildman–Crippen LogP) is 3.81. The van der Waals surface area contributed by atoms with E-state index in [9.17, 15) is 14.9 Å². The number of allylic oxidation sites excluding steroid dienone is 2. The van der Waals surface area contributed by atoms with E-state index in [-0.39, 0.29) is 11.3 Å². The number of rotatable bonds is 3. The lowest BCUT2D eigenvalue weighted by molar-refractivity contribution is -0.139. The first-order valence-electron chi connectivity index (χ1n) is 10.8. The SMILES string of the molecule is COC(=O)C1=C(C(=O)OC)N(c2c(C#N)c3c(c4c2CCCC4)CCCC3)C=CC=C1. The molecule has 0 N–H and O–H groups in total. The highest BCUT2D eigenvalue weighted by Gasteiger charge is 2.34. The molecule has 0 bridgehead atoms. The Balaban J connectivity index is 2.05. The number of fused-ring (bicyclic) bond motifs is 3. The van der Waals surface area contributed by atoms with Gasteiger partial charge in [-0.1, -0.05) is 6.08 Å². The van der Waals surface area contributed by atoms with Gasteiger partial charge in [-0.2, -0.15) is 5.26 Å². The van der Waals surface area contributed by atoms with Crippen LogP contribution in [0.1, 0.15) is 53.5 Å². The molecule has 6 heteroatoms. The molecule has 0 unspecified atom stereocenters. The molecule has 0 spiro atoms. The van der Waals surface area contributed by atoms with Gasteiger partial charge in [0.05, 0.1) is 31.0 Å². The summed E-state index contributed by atoms with van der Waals surface area (Å²) in [6.07, 6.45) is 14.7. The number of anilines is 1. The molecular weight excluding hydrogens is 392 g/mol. The summed E-state index contributed by atoms with van der Waals surface area (Å²) < 4.78 is 9.99. The van der Waals surface area contributed by atoms with Gasteiger partial charge < -0.3 is 14.4 Å². The van der Waals surface area contributed by atoms with Crippen molar-refractivity contribution in [2.45, 2.75) is 51.4 Å². The number of benzene rings is 1. The fourth-order valence-electron chi connectivity index (χ4n) is 5.03. The molecule has 1 aliphatic heterocycles. The van der Waals surface area contributed by atoms with Crippen molar-refractivity contribution in [3.8, 4) is 6.07 Å². The molecule has 0 aromatic heterocycles. The highest BCUT2D eigenvalue weighted by Crippen LogP contribution is 2.43. The third-order valence-electron chi connectivity index (χ3n) is 6.37. The number of esters is 2. The van der Waals surface area contributed by atoms with Gasteiger partial charge >= 0.3 is 11.9 Å². The Morgan fingerprint density at radius 2 is 1.45 bits per heavy atom. The first-order chi connectivity index (χ1) is 15.1. The molecule has 0 fully saturated rings. The van der Waals surface area contributed by atoms with Crippen LogP contribution in [0.2, 0.25) is 0 Å². The topological polar surface area (TPSA) is 79.6 Å². The summed E-state index contributed by atoms with van der Waals surface area (Å²) in [5.41, 5.74) is 6.34. The van der Waals surface area contributed by atoms with Gasteiger partial charge in [-0.3, -0.25) is 0 Å². The molecular formula is C25H26N2O4. The van der Waals surface area contributed by atoms with Crippen LogP contribution in [-0.2, 0) is 44.7 Å². The van der Waals surface area contributed by atoms with E-state index in [2.05, 4.69) is 6.07 Å². The molecule has 6 nitrogen and oxygen atoms in total. The van der Waals surface area contributed by atoms with Crippen LogP contribution >= 0.6 is 0 Å². The second kappa shape index (κ2) is 8.81. The van der Waals surface area contributed by atoms with Gasteiger partial charge in [0, 0.05) is 6.20 Å². The monoisotopic (exact) mass is 418 g/mol. The standard InChI is InChI=1S/C25H26N2O4/c1-30-24(28)20-13-7-8-14-27(23(20)25(29)31-2)22-19-12-6-5-10-17(19)16-9-3-4-11-18(16)21(22)15-26/h7-8,13-14H,3-6,9-12H2,1-2H3. The normalized spacial score (nSPS) is 17.4. The molecule has 1 heterocycles. The lowest BCUT2D eigenvalue weighted by Gasteiger charge is -2.34. The maximum atomic E-state index is 12.9. The zero-order valence-corrected chi connectivity index (χ0v) is 18.0. The van der Waals surface area contributed by atoms with Gasteiger partial charge in [-0.25, -0.2) is 9.59 Å². The number of ether oxygens (including phenoxy) is 2. The minimum absolute atomic E-state index is 0.0689. The molecule has 2 aliphatic carbocycles. The smallest absolute Gasteiger partial charge is 0.355 e. The number of carbonyl (C=O) groups is 2. The summed E-state index contributed by atoms with van der Waals surface area (Å²) in [7, 11) is 2.57. The Kier molecular flexibility index (Phi) is 5.94. The van der Waals surface area contributed by atoms with Gasteiger partial charge in [0.1, 0.15) is 11.8 Å². The van der Waals surface area contributed by atoms with E-state index in [1.807, 2.05) is 0 Å². The molecule has 1 aromatic rings. The number of hydrogen-bond acceptors (Lipinski definition) is 6. The summed E-state index contributed by atoms with van der Waals surface area (Å²) in [5.74, 6) is -1.28. The summed E-state index contributed by atoms with van der Waals surface area (Å²) in [6.45, 7) is 0. The van der Waals surface area contributed by atoms with E-state index in [1.165, 1.54) is 25.3 Å². The van der Waals surface area contributed by atoms with Crippen molar-refractivity contribution in [1.82, 2.24) is 0 Å². The largest absolute Gasteiger partial charge is 0.465 e. The van der Waals surface area contributed by atoms with Crippen molar-refractivity contribution in [1.29, 1.82) is 5.26 Å². The molecule has 3 aliphatic rings. The van der Waals surface area contributed by atoms with Gasteiger partial charge in [-0.15, -0.1) is 0 Å². The minimum atomic E-state index is -0.650. The Morgan fingerprint density at radius 1 is 0.871 bits per heavy atom. The number of nitriles is 1. The quantitative estimate of drug-likeness (QED) is 0.695. The van der Waals surface area contributed by atoms with Crippen LogP contribution in [0.3, 0.4) is 0 Å². The summed E-state index contributed by atoms with van der Waals surface area (Å²) >= 11 is 0. The molecule has 0 radical (unpaired) electrons. The van der Waals surface area contributed by atoms with E-state index in [4.69, 9.17) is 9.47 Å². The summed E-state index contributed by atoms with van der Waals surface area (Å²) in [6, 6.07) is 2.44. The average molecular weight is 418 g/mol. The van der Waals surface area contributed by atoms with E-state index < -0.39 is 11.9 Å². The second-order valence-electron chi connectivity index (χ2n) is 7.98. The Morgan fingerprint density at radius 3 is 2.06 bits per heavy atom. The Hall–Kier alpha value is -3.33. The first kappa shape index (κ1) is 20.9. The van der Waals surface area contributed by atoms with Crippen molar-refractivity contribution < 1.29 is 19.1 Å². The van der Waals surface area contributed by atoms with Crippen LogP contribution in [0, 0.1) is 11.3 Å². The first-order valence-corrected chi connectivity index (χ1v) is 10.8. The fourth-order valence-corrected chi connectivity index (χ4v) is 5.03. The Bertz CT molecular complexity index is 1070. The number of carbonyl (C=O) groups excluding carboxylic acids is 2. The third-order valence-corrected chi connectivity index (χ3v) is 6.37. The van der Waals surface area contributed by atoms with E-state index >= 15 is 0 Å². The molecule has 1 aromatic carbocycles. The van der Waals surface area contributed by atoms with Crippen molar-refractivity contribution in [2.75, 3.05) is 19.1 Å². The van der Waals surface area contributed by atoms with Crippen molar-refractivity contribution in [2.24, 2.45) is 0 Å². The van der Waals surface area contributed by atoms with Crippen LogP contribution in [0.25, 0.3) is 0 Å². The maximum absolute atomic E-state index is 12.9. The Labute approximate surface area is 182 Å². The molecule has 0 atom stereocenters. The number of nitrogens with zero attached hydrogens (tertiary/aromatic N) is 2. The third kappa shape index (κ3) is 3.54. The molecule has 160 valence electrons. The highest BCUT2D eigenvalue weighted by molar-refractivity contribution is 6.06. The fraction of sp³-hybridized carbons (Fsp3) is 0.400. The second-order valence-corrected chi connectivity index (χ2v) is 7.98. The lowest BCUT2D eigenvalue weighted by atomic mass is 9.77. The van der Waals surface area contributed by atoms with Crippen molar-refractivity contribution >= 4 is 17.6 Å². The van der Waals surface area contributed by atoms with Crippen molar-refractivity contribution in [3.63, 3.8) is 0 Å². The molecule has 0 amide bonds. The van der Waals surface area contributed by atoms with Crippen LogP contribution in [0.5, 0.6) is 0 Å². The van der Waals surface area contributed by atoms with Crippen molar-refractivity contribution in [3.05, 3.63) is 63.5 Å². The van der Waals surface area contributed by atoms with E-state index in [1.54, 1.807) is 29.3 Å². The average Bonchev–Trinajstić information content (AvgIpc) is 3.05. The lowest BCUT2D eigenvalue weighted by Crippen LogP contribution is -2.30. The number of methoxy groups -OCH3 is 2. The van der Waals surface area contributed by atoms with Gasteiger partial charge in [0.25, 0.3) is 0 Å². The van der Waals surface area contributed by atoms with Crippen LogP contribution in [-0.4, -0.2) is 26.2 Å². The maximum Gasteiger partial charge on any atom is 0.355 e. The van der Waals surface area contributed by atoms with E-state index in [0.29, 0.717) is 11.3 Å². The summed E-state index contributed by atoms with van der Waals surface area (Å²) in [5, 5.41) is 10.2. The number of hydrogen-bond donors (Lipinski definition) is 0. The minimum Gasteiger partial charge on any atom is -0.465 e. The summed E-state index contributed by atoms with van der Waals surface area (Å²) in [4.78, 5) is 27.1. The van der Waals surface area contributed by atoms with E-state index in [0.717, 1.165) is 62.5 Å². The van der Waals surface area contributed by atoms with Crippen LogP contribution in [0.15, 0.2) is 35.7 Å². The molecule has 0 saturated carbocycles.